The van der Waals surface area contributed by atoms with Crippen LogP contribution < -0.4 is 4.90 Å². The van der Waals surface area contributed by atoms with Gasteiger partial charge in [-0.2, -0.15) is 0 Å². The van der Waals surface area contributed by atoms with Crippen LogP contribution in [0.3, 0.4) is 0 Å². The summed E-state index contributed by atoms with van der Waals surface area (Å²) in [6.45, 7) is 0. The number of hydrogen-bond acceptors (Lipinski definition) is 2. The maximum atomic E-state index is 13.4. The van der Waals surface area contributed by atoms with Gasteiger partial charge in [-0.15, -0.1) is 0 Å². The van der Waals surface area contributed by atoms with Crippen LogP contribution in [0.1, 0.15) is 33.4 Å². The first-order valence-electron chi connectivity index (χ1n) is 12.9. The number of benzene rings is 4. The van der Waals surface area contributed by atoms with Gasteiger partial charge in [0.2, 0.25) is 11.8 Å². The van der Waals surface area contributed by atoms with Gasteiger partial charge < -0.3 is 0 Å². The maximum Gasteiger partial charge on any atom is 0.238 e. The molecule has 36 heavy (non-hydrogen) atoms. The van der Waals surface area contributed by atoms with Crippen LogP contribution in [0.15, 0.2) is 91.0 Å². The summed E-state index contributed by atoms with van der Waals surface area (Å²) in [4.78, 5) is 28.2. The van der Waals surface area contributed by atoms with Gasteiger partial charge in [-0.3, -0.25) is 14.5 Å². The summed E-state index contributed by atoms with van der Waals surface area (Å²) in [5.41, 5.74) is 11.5. The molecule has 1 aliphatic heterocycles. The molecule has 0 radical (unpaired) electrons. The van der Waals surface area contributed by atoms with Crippen LogP contribution in [-0.2, 0) is 40.7 Å². The Morgan fingerprint density at radius 3 is 1.58 bits per heavy atom. The molecule has 4 aromatic carbocycles. The molecule has 8 rings (SSSR count). The molecule has 3 nitrogen and oxygen atoms in total. The van der Waals surface area contributed by atoms with Gasteiger partial charge >= 0.3 is 0 Å². The molecule has 1 fully saturated rings. The largest absolute Gasteiger partial charge is 0.274 e. The van der Waals surface area contributed by atoms with Crippen molar-refractivity contribution in [2.75, 3.05) is 4.90 Å². The van der Waals surface area contributed by atoms with Crippen molar-refractivity contribution >= 4 is 17.5 Å². The molecule has 1 heterocycles. The molecule has 1 spiro atoms. The lowest BCUT2D eigenvalue weighted by atomic mass is 9.76. The van der Waals surface area contributed by atoms with Crippen molar-refractivity contribution in [1.29, 1.82) is 0 Å². The van der Waals surface area contributed by atoms with E-state index in [9.17, 15) is 9.59 Å². The minimum absolute atomic E-state index is 0.0227. The number of para-hydroxylation sites is 1. The molecule has 4 aromatic rings. The molecule has 3 heteroatoms. The highest BCUT2D eigenvalue weighted by Crippen LogP contribution is 2.55. The standard InChI is InChI=1S/C33H25NO2/c35-31-27-16-20-14-22-18-33(29-12-6-4-10-25(29)26-11-5-7-13-30(26)33)19-23(22)15-21(20)17-28(27)32(36)34(31)24-8-2-1-3-9-24/h1-15,27-28H,16-19H2. The van der Waals surface area contributed by atoms with Crippen LogP contribution >= 0.6 is 0 Å². The highest BCUT2D eigenvalue weighted by molar-refractivity contribution is 6.22. The zero-order valence-electron chi connectivity index (χ0n) is 19.9. The van der Waals surface area contributed by atoms with Crippen LogP contribution in [0, 0.1) is 11.8 Å². The fourth-order valence-corrected chi connectivity index (χ4v) is 7.56. The summed E-state index contributed by atoms with van der Waals surface area (Å²) in [6, 6.07) is 31.8. The molecule has 0 N–H and O–H groups in total. The van der Waals surface area contributed by atoms with E-state index in [1.807, 2.05) is 30.3 Å². The van der Waals surface area contributed by atoms with E-state index in [2.05, 4.69) is 60.7 Å². The Hall–Kier alpha value is -3.98. The maximum absolute atomic E-state index is 13.4. The Kier molecular flexibility index (Phi) is 3.96. The van der Waals surface area contributed by atoms with Gasteiger partial charge in [0.15, 0.2) is 0 Å². The van der Waals surface area contributed by atoms with Crippen molar-refractivity contribution in [3.05, 3.63) is 124 Å². The Bertz CT molecular complexity index is 1500. The summed E-state index contributed by atoms with van der Waals surface area (Å²) in [7, 11) is 0. The van der Waals surface area contributed by atoms with Gasteiger partial charge in [-0.1, -0.05) is 78.9 Å². The lowest BCUT2D eigenvalue weighted by Crippen LogP contribution is -2.30. The summed E-state index contributed by atoms with van der Waals surface area (Å²) in [5, 5.41) is 0. The zero-order valence-corrected chi connectivity index (χ0v) is 19.9. The van der Waals surface area contributed by atoms with Crippen LogP contribution in [0.5, 0.6) is 0 Å². The van der Waals surface area contributed by atoms with E-state index in [1.54, 1.807) is 0 Å². The van der Waals surface area contributed by atoms with Crippen molar-refractivity contribution < 1.29 is 9.59 Å². The first kappa shape index (κ1) is 20.2. The number of nitrogens with zero attached hydrogens (tertiary/aromatic N) is 1. The van der Waals surface area contributed by atoms with E-state index in [0.717, 1.165) is 12.8 Å². The van der Waals surface area contributed by atoms with E-state index in [0.29, 0.717) is 18.5 Å². The number of imide groups is 1. The third-order valence-corrected chi connectivity index (χ3v) is 9.14. The van der Waals surface area contributed by atoms with Crippen molar-refractivity contribution in [3.63, 3.8) is 0 Å². The number of hydrogen-bond donors (Lipinski definition) is 0. The topological polar surface area (TPSA) is 37.4 Å². The van der Waals surface area contributed by atoms with E-state index >= 15 is 0 Å². The Morgan fingerprint density at radius 2 is 1.06 bits per heavy atom. The van der Waals surface area contributed by atoms with Gasteiger partial charge in [-0.25, -0.2) is 0 Å². The van der Waals surface area contributed by atoms with Gasteiger partial charge in [0.25, 0.3) is 0 Å². The smallest absolute Gasteiger partial charge is 0.238 e. The highest BCUT2D eigenvalue weighted by atomic mass is 16.2. The number of rotatable bonds is 1. The SMILES string of the molecule is O=C1C2Cc3cc4c(cc3CC2C(=O)N1c1ccccc1)CC1(C4)c2ccccc2-c2ccccc21. The van der Waals surface area contributed by atoms with E-state index in [1.165, 1.54) is 49.4 Å². The number of carbonyl (C=O) groups is 2. The number of amides is 2. The fraction of sp³-hybridized carbons (Fsp3) is 0.212. The van der Waals surface area contributed by atoms with Crippen molar-refractivity contribution in [2.24, 2.45) is 11.8 Å². The first-order valence-corrected chi connectivity index (χ1v) is 12.9. The lowest BCUT2D eigenvalue weighted by molar-refractivity contribution is -0.122. The average molecular weight is 468 g/mol. The molecule has 4 aliphatic rings. The van der Waals surface area contributed by atoms with Crippen LogP contribution in [0.25, 0.3) is 11.1 Å². The van der Waals surface area contributed by atoms with E-state index < -0.39 is 0 Å². The number of carbonyl (C=O) groups excluding carboxylic acids is 2. The Labute approximate surface area is 210 Å². The summed E-state index contributed by atoms with van der Waals surface area (Å²) < 4.78 is 0. The lowest BCUT2D eigenvalue weighted by Gasteiger charge is -2.26. The van der Waals surface area contributed by atoms with Gasteiger partial charge in [0, 0.05) is 5.41 Å². The minimum atomic E-state index is -0.258. The van der Waals surface area contributed by atoms with E-state index in [4.69, 9.17) is 0 Å². The molecular formula is C33H25NO2. The van der Waals surface area contributed by atoms with Crippen molar-refractivity contribution in [2.45, 2.75) is 31.1 Å². The molecule has 2 unspecified atom stereocenters. The molecule has 2 amide bonds. The molecule has 0 aromatic heterocycles. The van der Waals surface area contributed by atoms with Crippen molar-refractivity contribution in [3.8, 4) is 11.1 Å². The van der Waals surface area contributed by atoms with Gasteiger partial charge in [0.1, 0.15) is 0 Å². The quantitative estimate of drug-likeness (QED) is 0.339. The van der Waals surface area contributed by atoms with Gasteiger partial charge in [-0.05, 0) is 82.3 Å². The number of fused-ring (bicyclic) bond motifs is 8. The Morgan fingerprint density at radius 1 is 0.583 bits per heavy atom. The Balaban J connectivity index is 1.18. The predicted molar refractivity (Wildman–Crippen MR) is 140 cm³/mol. The molecule has 0 bridgehead atoms. The second-order valence-electron chi connectivity index (χ2n) is 10.9. The molecule has 3 aliphatic carbocycles. The van der Waals surface area contributed by atoms with Crippen molar-refractivity contribution in [1.82, 2.24) is 0 Å². The molecule has 174 valence electrons. The van der Waals surface area contributed by atoms with Crippen LogP contribution in [-0.4, -0.2) is 11.8 Å². The third kappa shape index (κ3) is 2.53. The second kappa shape index (κ2) is 7.04. The molecular weight excluding hydrogens is 442 g/mol. The van der Waals surface area contributed by atoms with Gasteiger partial charge in [0.05, 0.1) is 17.5 Å². The summed E-state index contributed by atoms with van der Waals surface area (Å²) in [6.07, 6.45) is 3.28. The minimum Gasteiger partial charge on any atom is -0.274 e. The molecule has 0 saturated carbocycles. The monoisotopic (exact) mass is 467 g/mol. The average Bonchev–Trinajstić information content (AvgIpc) is 3.50. The van der Waals surface area contributed by atoms with E-state index in [-0.39, 0.29) is 29.1 Å². The first-order chi connectivity index (χ1) is 17.6. The van der Waals surface area contributed by atoms with Crippen LogP contribution in [0.4, 0.5) is 5.69 Å². The number of anilines is 1. The third-order valence-electron chi connectivity index (χ3n) is 9.14. The predicted octanol–water partition coefficient (Wildman–Crippen LogP) is 5.66. The van der Waals surface area contributed by atoms with Crippen LogP contribution in [0.2, 0.25) is 0 Å². The summed E-state index contributed by atoms with van der Waals surface area (Å²) in [5.74, 6) is -0.604. The fourth-order valence-electron chi connectivity index (χ4n) is 7.56. The second-order valence-corrected chi connectivity index (χ2v) is 10.9. The summed E-state index contributed by atoms with van der Waals surface area (Å²) >= 11 is 0. The normalized spacial score (nSPS) is 22.3. The highest BCUT2D eigenvalue weighted by Gasteiger charge is 2.51. The molecule has 2 atom stereocenters. The molecule has 1 saturated heterocycles. The zero-order chi connectivity index (χ0) is 24.0.